The van der Waals surface area contributed by atoms with Gasteiger partial charge in [-0.3, -0.25) is 4.68 Å². The number of nitrogens with two attached hydrogens (primary N) is 1. The second-order valence-corrected chi connectivity index (χ2v) is 4.86. The molecule has 0 spiro atoms. The zero-order valence-corrected chi connectivity index (χ0v) is 10.5. The molecular weight excluding hydrogens is 226 g/mol. The Hall–Kier alpha value is -1.97. The van der Waals surface area contributed by atoms with Crippen LogP contribution in [0.3, 0.4) is 0 Å². The first kappa shape index (κ1) is 11.1. The lowest BCUT2D eigenvalue weighted by Gasteiger charge is -2.05. The average Bonchev–Trinajstić information content (AvgIpc) is 3.14. The topological polar surface area (TPSA) is 53.1 Å². The summed E-state index contributed by atoms with van der Waals surface area (Å²) in [6.45, 7) is 0.843. The zero-order valence-electron chi connectivity index (χ0n) is 10.5. The Kier molecular flexibility index (Phi) is 2.70. The second kappa shape index (κ2) is 4.37. The first-order chi connectivity index (χ1) is 8.72. The highest BCUT2D eigenvalue weighted by molar-refractivity contribution is 5.63. The Balaban J connectivity index is 1.73. The molecule has 0 aliphatic heterocycles. The molecule has 1 aliphatic rings. The average molecular weight is 243 g/mol. The standard InChI is InChI=1S/C14H17N3O/c1-17-14(15)8-13(16-17)11-4-6-12(7-5-11)18-9-10-2-3-10/h4-8,10H,2-3,9,15H2,1H3. The van der Waals surface area contributed by atoms with Crippen LogP contribution < -0.4 is 10.5 Å². The Bertz CT molecular complexity index is 521. The quantitative estimate of drug-likeness (QED) is 0.897. The molecule has 0 saturated heterocycles. The minimum Gasteiger partial charge on any atom is -0.493 e. The van der Waals surface area contributed by atoms with Gasteiger partial charge in [-0.05, 0) is 43.0 Å². The van der Waals surface area contributed by atoms with Crippen molar-refractivity contribution in [3.8, 4) is 17.0 Å². The molecule has 1 aliphatic carbocycles. The summed E-state index contributed by atoms with van der Waals surface area (Å²) < 4.78 is 7.37. The van der Waals surface area contributed by atoms with Crippen LogP contribution in [0.15, 0.2) is 30.3 Å². The van der Waals surface area contributed by atoms with Gasteiger partial charge in [0.05, 0.1) is 12.3 Å². The molecule has 3 rings (SSSR count). The summed E-state index contributed by atoms with van der Waals surface area (Å²) in [6.07, 6.45) is 2.62. The summed E-state index contributed by atoms with van der Waals surface area (Å²) >= 11 is 0. The summed E-state index contributed by atoms with van der Waals surface area (Å²) in [4.78, 5) is 0. The van der Waals surface area contributed by atoms with Crippen molar-refractivity contribution in [2.24, 2.45) is 13.0 Å². The summed E-state index contributed by atoms with van der Waals surface area (Å²) in [6, 6.07) is 9.89. The van der Waals surface area contributed by atoms with Gasteiger partial charge < -0.3 is 10.5 Å². The third-order valence-electron chi connectivity index (χ3n) is 3.25. The van der Waals surface area contributed by atoms with E-state index in [1.54, 1.807) is 4.68 Å². The lowest BCUT2D eigenvalue weighted by atomic mass is 10.1. The van der Waals surface area contributed by atoms with Crippen molar-refractivity contribution in [1.82, 2.24) is 9.78 Å². The van der Waals surface area contributed by atoms with Crippen LogP contribution in [0.5, 0.6) is 5.75 Å². The highest BCUT2D eigenvalue weighted by Gasteiger charge is 2.21. The van der Waals surface area contributed by atoms with Gasteiger partial charge >= 0.3 is 0 Å². The number of benzene rings is 1. The van der Waals surface area contributed by atoms with Crippen molar-refractivity contribution in [2.75, 3.05) is 12.3 Å². The van der Waals surface area contributed by atoms with E-state index in [2.05, 4.69) is 5.10 Å². The number of nitrogen functional groups attached to an aromatic ring is 1. The molecule has 0 radical (unpaired) electrons. The molecule has 2 N–H and O–H groups in total. The molecule has 1 heterocycles. The Morgan fingerprint density at radius 1 is 1.33 bits per heavy atom. The highest BCUT2D eigenvalue weighted by Crippen LogP contribution is 2.30. The molecule has 0 atom stereocenters. The van der Waals surface area contributed by atoms with Gasteiger partial charge in [-0.1, -0.05) is 0 Å². The monoisotopic (exact) mass is 243 g/mol. The molecule has 1 aromatic carbocycles. The van der Waals surface area contributed by atoms with Crippen LogP contribution in [0.1, 0.15) is 12.8 Å². The largest absolute Gasteiger partial charge is 0.493 e. The van der Waals surface area contributed by atoms with E-state index in [9.17, 15) is 0 Å². The van der Waals surface area contributed by atoms with E-state index in [0.717, 1.165) is 29.5 Å². The lowest BCUT2D eigenvalue weighted by molar-refractivity contribution is 0.300. The maximum Gasteiger partial charge on any atom is 0.121 e. The minimum absolute atomic E-state index is 0.666. The number of aryl methyl sites for hydroxylation is 1. The van der Waals surface area contributed by atoms with Crippen LogP contribution in [0.25, 0.3) is 11.3 Å². The van der Waals surface area contributed by atoms with Gasteiger partial charge in [0.15, 0.2) is 0 Å². The third-order valence-corrected chi connectivity index (χ3v) is 3.25. The van der Waals surface area contributed by atoms with Crippen LogP contribution in [-0.4, -0.2) is 16.4 Å². The van der Waals surface area contributed by atoms with Crippen LogP contribution >= 0.6 is 0 Å². The maximum absolute atomic E-state index is 5.77. The van der Waals surface area contributed by atoms with Crippen LogP contribution in [0.2, 0.25) is 0 Å². The summed E-state index contributed by atoms with van der Waals surface area (Å²) in [7, 11) is 1.84. The molecule has 0 bridgehead atoms. The van der Waals surface area contributed by atoms with Crippen LogP contribution in [0, 0.1) is 5.92 Å². The third kappa shape index (κ3) is 2.32. The number of hydrogen-bond acceptors (Lipinski definition) is 3. The van der Waals surface area contributed by atoms with E-state index in [4.69, 9.17) is 10.5 Å². The molecule has 4 heteroatoms. The highest BCUT2D eigenvalue weighted by atomic mass is 16.5. The SMILES string of the molecule is Cn1nc(-c2ccc(OCC3CC3)cc2)cc1N. The molecule has 4 nitrogen and oxygen atoms in total. The molecule has 0 amide bonds. The number of rotatable bonds is 4. The van der Waals surface area contributed by atoms with Crippen LogP contribution in [-0.2, 0) is 7.05 Å². The summed E-state index contributed by atoms with van der Waals surface area (Å²) in [5, 5.41) is 4.35. The molecule has 2 aromatic rings. The summed E-state index contributed by atoms with van der Waals surface area (Å²) in [5.41, 5.74) is 7.72. The fourth-order valence-electron chi connectivity index (χ4n) is 1.84. The molecule has 18 heavy (non-hydrogen) atoms. The fourth-order valence-corrected chi connectivity index (χ4v) is 1.84. The minimum atomic E-state index is 0.666. The van der Waals surface area contributed by atoms with Crippen molar-refractivity contribution in [3.63, 3.8) is 0 Å². The Morgan fingerprint density at radius 2 is 2.06 bits per heavy atom. The van der Waals surface area contributed by atoms with E-state index in [1.807, 2.05) is 37.4 Å². The number of nitrogens with zero attached hydrogens (tertiary/aromatic N) is 2. The van der Waals surface area contributed by atoms with E-state index in [1.165, 1.54) is 12.8 Å². The number of hydrogen-bond donors (Lipinski definition) is 1. The smallest absolute Gasteiger partial charge is 0.121 e. The molecule has 1 saturated carbocycles. The van der Waals surface area contributed by atoms with E-state index >= 15 is 0 Å². The predicted octanol–water partition coefficient (Wildman–Crippen LogP) is 2.46. The Labute approximate surface area is 106 Å². The number of anilines is 1. The Morgan fingerprint density at radius 3 is 2.61 bits per heavy atom. The van der Waals surface area contributed by atoms with Gasteiger partial charge in [0.2, 0.25) is 0 Å². The number of ether oxygens (including phenoxy) is 1. The second-order valence-electron chi connectivity index (χ2n) is 4.86. The molecule has 0 unspecified atom stereocenters. The molecule has 94 valence electrons. The lowest BCUT2D eigenvalue weighted by Crippen LogP contribution is -1.98. The fraction of sp³-hybridized carbons (Fsp3) is 0.357. The van der Waals surface area contributed by atoms with Crippen molar-refractivity contribution in [1.29, 1.82) is 0 Å². The van der Waals surface area contributed by atoms with Gasteiger partial charge in [-0.25, -0.2) is 0 Å². The van der Waals surface area contributed by atoms with Gasteiger partial charge in [-0.15, -0.1) is 0 Å². The predicted molar refractivity (Wildman–Crippen MR) is 71.3 cm³/mol. The van der Waals surface area contributed by atoms with E-state index in [0.29, 0.717) is 5.82 Å². The van der Waals surface area contributed by atoms with Crippen LogP contribution in [0.4, 0.5) is 5.82 Å². The first-order valence-corrected chi connectivity index (χ1v) is 6.25. The van der Waals surface area contributed by atoms with Crippen molar-refractivity contribution >= 4 is 5.82 Å². The maximum atomic E-state index is 5.77. The first-order valence-electron chi connectivity index (χ1n) is 6.25. The van der Waals surface area contributed by atoms with Gasteiger partial charge in [0, 0.05) is 18.7 Å². The van der Waals surface area contributed by atoms with Gasteiger partial charge in [0.1, 0.15) is 11.6 Å². The normalized spacial score (nSPS) is 14.7. The summed E-state index contributed by atoms with van der Waals surface area (Å²) in [5.74, 6) is 2.37. The van der Waals surface area contributed by atoms with E-state index in [-0.39, 0.29) is 0 Å². The molecular formula is C14H17N3O. The number of aromatic nitrogens is 2. The molecule has 1 fully saturated rings. The van der Waals surface area contributed by atoms with Crippen molar-refractivity contribution in [3.05, 3.63) is 30.3 Å². The van der Waals surface area contributed by atoms with Gasteiger partial charge in [0.25, 0.3) is 0 Å². The van der Waals surface area contributed by atoms with Crippen molar-refractivity contribution < 1.29 is 4.74 Å². The molecule has 1 aromatic heterocycles. The van der Waals surface area contributed by atoms with Gasteiger partial charge in [-0.2, -0.15) is 5.10 Å². The zero-order chi connectivity index (χ0) is 12.5. The van der Waals surface area contributed by atoms with E-state index < -0.39 is 0 Å². The van der Waals surface area contributed by atoms with Crippen molar-refractivity contribution in [2.45, 2.75) is 12.8 Å².